The molecule has 2 amide bonds. The number of rotatable bonds is 5. The van der Waals surface area contributed by atoms with E-state index in [0.29, 0.717) is 22.9 Å². The second kappa shape index (κ2) is 8.16. The van der Waals surface area contributed by atoms with Gasteiger partial charge in [-0.2, -0.15) is 0 Å². The van der Waals surface area contributed by atoms with Gasteiger partial charge in [-0.15, -0.1) is 0 Å². The first-order chi connectivity index (χ1) is 13.3. The molecule has 1 unspecified atom stereocenters. The Hall–Kier alpha value is -2.64. The van der Waals surface area contributed by atoms with Crippen LogP contribution in [-0.4, -0.2) is 32.6 Å². The number of nitrogens with two attached hydrogens (primary N) is 1. The lowest BCUT2D eigenvalue weighted by Gasteiger charge is -2.18. The topological polar surface area (TPSA) is 93.9 Å². The smallest absolute Gasteiger partial charge is 0.229 e. The molecule has 0 radical (unpaired) electrons. The van der Waals surface area contributed by atoms with Crippen LogP contribution in [0.25, 0.3) is 0 Å². The Balaban J connectivity index is 1.74. The van der Waals surface area contributed by atoms with Gasteiger partial charge in [-0.25, -0.2) is 0 Å². The van der Waals surface area contributed by atoms with Crippen molar-refractivity contribution in [2.75, 3.05) is 36.7 Å². The number of methoxy groups -OCH3 is 2. The molecule has 2 aromatic carbocycles. The van der Waals surface area contributed by atoms with Crippen LogP contribution in [0.2, 0.25) is 10.0 Å². The monoisotopic (exact) mass is 423 g/mol. The van der Waals surface area contributed by atoms with E-state index in [1.807, 2.05) is 0 Å². The molecule has 3 N–H and O–H groups in total. The fraction of sp³-hybridized carbons (Fsp3) is 0.263. The normalized spacial score (nSPS) is 16.2. The van der Waals surface area contributed by atoms with E-state index in [4.69, 9.17) is 38.4 Å². The quantitative estimate of drug-likeness (QED) is 0.716. The number of benzene rings is 2. The first kappa shape index (κ1) is 20.1. The van der Waals surface area contributed by atoms with E-state index >= 15 is 0 Å². The first-order valence-corrected chi connectivity index (χ1v) is 9.17. The fourth-order valence-electron chi connectivity index (χ4n) is 3.03. The maximum atomic E-state index is 12.6. The van der Waals surface area contributed by atoms with E-state index in [9.17, 15) is 9.59 Å². The number of anilines is 3. The van der Waals surface area contributed by atoms with Crippen molar-refractivity contribution in [1.29, 1.82) is 0 Å². The van der Waals surface area contributed by atoms with Crippen LogP contribution < -0.4 is 25.4 Å². The number of amides is 2. The number of carbonyl (C=O) groups excluding carboxylic acids is 2. The molecule has 0 aliphatic carbocycles. The molecular formula is C19H19Cl2N3O4. The summed E-state index contributed by atoms with van der Waals surface area (Å²) in [6.45, 7) is 0.247. The minimum Gasteiger partial charge on any atom is -0.493 e. The Morgan fingerprint density at radius 1 is 1.14 bits per heavy atom. The van der Waals surface area contributed by atoms with Gasteiger partial charge < -0.3 is 25.4 Å². The molecule has 0 aromatic heterocycles. The van der Waals surface area contributed by atoms with Gasteiger partial charge in [0.05, 0.1) is 35.9 Å². The Bertz CT molecular complexity index is 912. The van der Waals surface area contributed by atoms with E-state index in [2.05, 4.69) is 5.32 Å². The predicted octanol–water partition coefficient (Wildman–Crippen LogP) is 3.58. The third-order valence-corrected chi connectivity index (χ3v) is 5.15. The molecule has 0 spiro atoms. The molecule has 7 nitrogen and oxygen atoms in total. The molecule has 1 heterocycles. The van der Waals surface area contributed by atoms with E-state index in [1.165, 1.54) is 26.4 Å². The molecular weight excluding hydrogens is 405 g/mol. The van der Waals surface area contributed by atoms with Gasteiger partial charge in [0.1, 0.15) is 0 Å². The Morgan fingerprint density at radius 3 is 2.39 bits per heavy atom. The van der Waals surface area contributed by atoms with Crippen molar-refractivity contribution in [1.82, 2.24) is 0 Å². The molecule has 1 saturated heterocycles. The van der Waals surface area contributed by atoms with Gasteiger partial charge in [-0.1, -0.05) is 23.2 Å². The number of halogens is 2. The Labute approximate surface area is 172 Å². The molecule has 2 aromatic rings. The van der Waals surface area contributed by atoms with Crippen molar-refractivity contribution in [3.05, 3.63) is 40.4 Å². The van der Waals surface area contributed by atoms with Crippen molar-refractivity contribution in [3.8, 4) is 11.5 Å². The maximum Gasteiger partial charge on any atom is 0.229 e. The Morgan fingerprint density at radius 2 is 1.79 bits per heavy atom. The van der Waals surface area contributed by atoms with E-state index < -0.39 is 5.92 Å². The molecule has 3 rings (SSSR count). The number of ether oxygens (including phenoxy) is 2. The predicted molar refractivity (Wildman–Crippen MR) is 110 cm³/mol. The lowest BCUT2D eigenvalue weighted by molar-refractivity contribution is -0.122. The number of nitrogen functional groups attached to an aromatic ring is 1. The van der Waals surface area contributed by atoms with Gasteiger partial charge in [0.25, 0.3) is 0 Å². The van der Waals surface area contributed by atoms with Gasteiger partial charge in [-0.3, -0.25) is 9.59 Å². The van der Waals surface area contributed by atoms with Crippen LogP contribution >= 0.6 is 23.2 Å². The van der Waals surface area contributed by atoms with Crippen LogP contribution in [-0.2, 0) is 9.59 Å². The number of nitrogens with one attached hydrogen (secondary N) is 1. The van der Waals surface area contributed by atoms with Gasteiger partial charge in [0.2, 0.25) is 11.8 Å². The molecule has 1 aliphatic rings. The number of hydrogen-bond donors (Lipinski definition) is 2. The zero-order chi connectivity index (χ0) is 20.4. The van der Waals surface area contributed by atoms with Crippen molar-refractivity contribution in [2.24, 2.45) is 5.92 Å². The summed E-state index contributed by atoms with van der Waals surface area (Å²) in [4.78, 5) is 26.6. The Kier molecular flexibility index (Phi) is 5.86. The third-order valence-electron chi connectivity index (χ3n) is 4.52. The highest BCUT2D eigenvalue weighted by Gasteiger charge is 2.35. The van der Waals surface area contributed by atoms with Crippen LogP contribution in [0, 0.1) is 5.92 Å². The summed E-state index contributed by atoms with van der Waals surface area (Å²) in [6.07, 6.45) is 0.0939. The summed E-state index contributed by atoms with van der Waals surface area (Å²) < 4.78 is 10.5. The van der Waals surface area contributed by atoms with Crippen LogP contribution in [0.15, 0.2) is 30.3 Å². The summed E-state index contributed by atoms with van der Waals surface area (Å²) in [5.74, 6) is 0.0980. The number of carbonyl (C=O) groups is 2. The largest absolute Gasteiger partial charge is 0.493 e. The minimum absolute atomic E-state index is 0.0939. The van der Waals surface area contributed by atoms with Crippen molar-refractivity contribution >= 4 is 52.1 Å². The van der Waals surface area contributed by atoms with Gasteiger partial charge >= 0.3 is 0 Å². The molecule has 1 aliphatic heterocycles. The zero-order valence-electron chi connectivity index (χ0n) is 15.3. The van der Waals surface area contributed by atoms with Crippen LogP contribution in [0.5, 0.6) is 11.5 Å². The molecule has 1 fully saturated rings. The van der Waals surface area contributed by atoms with Crippen LogP contribution in [0.1, 0.15) is 6.42 Å². The molecule has 0 saturated carbocycles. The van der Waals surface area contributed by atoms with Crippen molar-refractivity contribution in [2.45, 2.75) is 6.42 Å². The van der Waals surface area contributed by atoms with Crippen LogP contribution in [0.4, 0.5) is 17.1 Å². The summed E-state index contributed by atoms with van der Waals surface area (Å²) >= 11 is 12.0. The average Bonchev–Trinajstić information content (AvgIpc) is 3.07. The van der Waals surface area contributed by atoms with Gasteiger partial charge in [0, 0.05) is 30.4 Å². The molecule has 1 atom stereocenters. The van der Waals surface area contributed by atoms with E-state index in [0.717, 1.165) is 0 Å². The summed E-state index contributed by atoms with van der Waals surface area (Å²) in [5, 5.41) is 3.23. The molecule has 0 bridgehead atoms. The maximum absolute atomic E-state index is 12.6. The zero-order valence-corrected chi connectivity index (χ0v) is 16.8. The first-order valence-electron chi connectivity index (χ1n) is 8.41. The molecule has 9 heteroatoms. The summed E-state index contributed by atoms with van der Waals surface area (Å²) in [7, 11) is 3.06. The van der Waals surface area contributed by atoms with Crippen molar-refractivity contribution in [3.63, 3.8) is 0 Å². The molecule has 28 heavy (non-hydrogen) atoms. The average molecular weight is 424 g/mol. The standard InChI is InChI=1S/C19H19Cl2N3O4/c1-27-15-4-3-12(8-16(15)28-2)24-9-10(5-17(24)25)19(26)23-11-6-13(20)18(22)14(21)7-11/h3-4,6-8,10H,5,9,22H2,1-2H3,(H,23,26). The number of nitrogens with zero attached hydrogens (tertiary/aromatic N) is 1. The third kappa shape index (κ3) is 3.95. The second-order valence-corrected chi connectivity index (χ2v) is 7.10. The fourth-order valence-corrected chi connectivity index (χ4v) is 3.51. The van der Waals surface area contributed by atoms with Crippen LogP contribution in [0.3, 0.4) is 0 Å². The van der Waals surface area contributed by atoms with Gasteiger partial charge in [-0.05, 0) is 24.3 Å². The highest BCUT2D eigenvalue weighted by molar-refractivity contribution is 6.39. The summed E-state index contributed by atoms with van der Waals surface area (Å²) in [5.41, 5.74) is 7.01. The minimum atomic E-state index is -0.518. The second-order valence-electron chi connectivity index (χ2n) is 6.29. The summed E-state index contributed by atoms with van der Waals surface area (Å²) in [6, 6.07) is 8.20. The number of hydrogen-bond acceptors (Lipinski definition) is 5. The van der Waals surface area contributed by atoms with Crippen molar-refractivity contribution < 1.29 is 19.1 Å². The lowest BCUT2D eigenvalue weighted by atomic mass is 10.1. The lowest BCUT2D eigenvalue weighted by Crippen LogP contribution is -2.28. The highest BCUT2D eigenvalue weighted by atomic mass is 35.5. The molecule has 148 valence electrons. The van der Waals surface area contributed by atoms with E-state index in [1.54, 1.807) is 23.1 Å². The SMILES string of the molecule is COc1ccc(N2CC(C(=O)Nc3cc(Cl)c(N)c(Cl)c3)CC2=O)cc1OC. The van der Waals surface area contributed by atoms with E-state index in [-0.39, 0.29) is 40.5 Å². The highest BCUT2D eigenvalue weighted by Crippen LogP contribution is 2.35. The van der Waals surface area contributed by atoms with Gasteiger partial charge in [0.15, 0.2) is 11.5 Å².